The van der Waals surface area contributed by atoms with E-state index in [1.165, 1.54) is 12.1 Å². The first-order valence-electron chi connectivity index (χ1n) is 7.43. The molecule has 1 fully saturated rings. The number of hydrogen-bond donors (Lipinski definition) is 1. The van der Waals surface area contributed by atoms with Crippen molar-refractivity contribution >= 4 is 5.91 Å². The number of nitrogens with two attached hydrogens (primary N) is 1. The van der Waals surface area contributed by atoms with Gasteiger partial charge in [0.15, 0.2) is 0 Å². The summed E-state index contributed by atoms with van der Waals surface area (Å²) in [6.07, 6.45) is 3.18. The van der Waals surface area contributed by atoms with E-state index < -0.39 is 5.82 Å². The van der Waals surface area contributed by atoms with Gasteiger partial charge in [0.1, 0.15) is 5.82 Å². The van der Waals surface area contributed by atoms with E-state index in [9.17, 15) is 9.18 Å². The molecule has 0 saturated carbocycles. The number of nitrogens with zero attached hydrogens (tertiary/aromatic N) is 1. The zero-order valence-corrected chi connectivity index (χ0v) is 12.4. The molecule has 2 rings (SSSR count). The lowest BCUT2D eigenvalue weighted by Crippen LogP contribution is -2.38. The second-order valence-electron chi connectivity index (χ2n) is 5.34. The molecule has 0 radical (unpaired) electrons. The second-order valence-corrected chi connectivity index (χ2v) is 5.34. The van der Waals surface area contributed by atoms with E-state index in [0.717, 1.165) is 32.4 Å². The molecule has 0 atom stereocenters. The van der Waals surface area contributed by atoms with E-state index in [4.69, 9.17) is 5.73 Å². The fourth-order valence-corrected chi connectivity index (χ4v) is 2.66. The van der Waals surface area contributed by atoms with Crippen LogP contribution in [0.3, 0.4) is 0 Å². The molecule has 0 bridgehead atoms. The van der Waals surface area contributed by atoms with Crippen molar-refractivity contribution in [3.8, 4) is 11.8 Å². The maximum absolute atomic E-state index is 13.5. The van der Waals surface area contributed by atoms with Gasteiger partial charge < -0.3 is 10.6 Å². The Hall–Kier alpha value is -1.86. The number of likely N-dealkylation sites (tertiary alicyclic amines) is 1. The average molecular weight is 288 g/mol. The van der Waals surface area contributed by atoms with Crippen molar-refractivity contribution in [2.45, 2.75) is 26.2 Å². The van der Waals surface area contributed by atoms with Gasteiger partial charge in [-0.3, -0.25) is 4.79 Å². The van der Waals surface area contributed by atoms with Crippen molar-refractivity contribution in [3.05, 3.63) is 35.1 Å². The molecule has 1 amide bonds. The van der Waals surface area contributed by atoms with Crippen LogP contribution in [0.25, 0.3) is 0 Å². The number of amides is 1. The fourth-order valence-electron chi connectivity index (χ4n) is 2.66. The van der Waals surface area contributed by atoms with E-state index in [2.05, 4.69) is 18.8 Å². The van der Waals surface area contributed by atoms with Crippen LogP contribution in [0.1, 0.15) is 42.1 Å². The maximum Gasteiger partial charge on any atom is 0.255 e. The van der Waals surface area contributed by atoms with Gasteiger partial charge in [0, 0.05) is 18.7 Å². The molecule has 1 saturated heterocycles. The topological polar surface area (TPSA) is 46.3 Å². The number of rotatable bonds is 2. The standard InChI is InChI=1S/C17H21FN2O/c1-2-13-7-10-20(11-8-13)17(21)16-12-15(18)6-5-14(16)4-3-9-19/h5-6,12-13H,2,7-11,19H2,1H3. The van der Waals surface area contributed by atoms with Crippen LogP contribution in [0.2, 0.25) is 0 Å². The molecule has 0 spiro atoms. The molecule has 0 unspecified atom stereocenters. The summed E-state index contributed by atoms with van der Waals surface area (Å²) in [7, 11) is 0. The van der Waals surface area contributed by atoms with E-state index in [1.54, 1.807) is 11.0 Å². The van der Waals surface area contributed by atoms with Gasteiger partial charge in [0.2, 0.25) is 0 Å². The molecule has 112 valence electrons. The lowest BCUT2D eigenvalue weighted by Gasteiger charge is -2.31. The first kappa shape index (κ1) is 15.5. The lowest BCUT2D eigenvalue weighted by atomic mass is 9.94. The Morgan fingerprint density at radius 3 is 2.76 bits per heavy atom. The summed E-state index contributed by atoms with van der Waals surface area (Å²) >= 11 is 0. The summed E-state index contributed by atoms with van der Waals surface area (Å²) in [5.74, 6) is 5.72. The highest BCUT2D eigenvalue weighted by molar-refractivity contribution is 5.96. The predicted octanol–water partition coefficient (Wildman–Crippen LogP) is 2.40. The van der Waals surface area contributed by atoms with E-state index in [1.807, 2.05) is 0 Å². The first-order valence-corrected chi connectivity index (χ1v) is 7.43. The van der Waals surface area contributed by atoms with Crippen molar-refractivity contribution in [2.75, 3.05) is 19.6 Å². The van der Waals surface area contributed by atoms with Crippen molar-refractivity contribution in [1.29, 1.82) is 0 Å². The van der Waals surface area contributed by atoms with E-state index in [0.29, 0.717) is 17.0 Å². The van der Waals surface area contributed by atoms with Gasteiger partial charge in [-0.2, -0.15) is 0 Å². The van der Waals surface area contributed by atoms with Crippen molar-refractivity contribution in [1.82, 2.24) is 4.90 Å². The van der Waals surface area contributed by atoms with Crippen LogP contribution in [0, 0.1) is 23.6 Å². The third-order valence-electron chi connectivity index (χ3n) is 4.02. The largest absolute Gasteiger partial charge is 0.339 e. The molecule has 1 aliphatic heterocycles. The highest BCUT2D eigenvalue weighted by Gasteiger charge is 2.24. The number of piperidine rings is 1. The summed E-state index contributed by atoms with van der Waals surface area (Å²) in [4.78, 5) is 14.4. The van der Waals surface area contributed by atoms with Crippen LogP contribution >= 0.6 is 0 Å². The minimum Gasteiger partial charge on any atom is -0.339 e. The van der Waals surface area contributed by atoms with Gasteiger partial charge in [-0.25, -0.2) is 4.39 Å². The predicted molar refractivity (Wildman–Crippen MR) is 81.3 cm³/mol. The minimum atomic E-state index is -0.417. The molecule has 1 aromatic carbocycles. The Bertz CT molecular complexity index is 566. The zero-order chi connectivity index (χ0) is 15.2. The molecule has 1 aromatic rings. The minimum absolute atomic E-state index is 0.134. The zero-order valence-electron chi connectivity index (χ0n) is 12.4. The molecule has 3 nitrogen and oxygen atoms in total. The molecule has 0 aliphatic carbocycles. The summed E-state index contributed by atoms with van der Waals surface area (Å²) in [6.45, 7) is 3.86. The van der Waals surface area contributed by atoms with Crippen molar-refractivity contribution in [2.24, 2.45) is 11.7 Å². The Kier molecular flexibility index (Phi) is 5.35. The van der Waals surface area contributed by atoms with Gasteiger partial charge in [0.25, 0.3) is 5.91 Å². The van der Waals surface area contributed by atoms with Crippen LogP contribution < -0.4 is 5.73 Å². The number of hydrogen-bond acceptors (Lipinski definition) is 2. The molecular formula is C17H21FN2O. The smallest absolute Gasteiger partial charge is 0.255 e. The molecule has 21 heavy (non-hydrogen) atoms. The van der Waals surface area contributed by atoms with Crippen LogP contribution in [0.4, 0.5) is 4.39 Å². The Balaban J connectivity index is 2.20. The Morgan fingerprint density at radius 2 is 2.14 bits per heavy atom. The Morgan fingerprint density at radius 1 is 1.43 bits per heavy atom. The normalized spacial score (nSPS) is 15.5. The number of carbonyl (C=O) groups is 1. The van der Waals surface area contributed by atoms with E-state index in [-0.39, 0.29) is 12.5 Å². The highest BCUT2D eigenvalue weighted by Crippen LogP contribution is 2.22. The van der Waals surface area contributed by atoms with Gasteiger partial charge in [-0.15, -0.1) is 0 Å². The fraction of sp³-hybridized carbons (Fsp3) is 0.471. The summed E-state index contributed by atoms with van der Waals surface area (Å²) in [5.41, 5.74) is 6.25. The number of carbonyl (C=O) groups excluding carboxylic acids is 1. The molecule has 2 N–H and O–H groups in total. The molecule has 0 aromatic heterocycles. The third-order valence-corrected chi connectivity index (χ3v) is 4.02. The average Bonchev–Trinajstić information content (AvgIpc) is 2.53. The van der Waals surface area contributed by atoms with Gasteiger partial charge in [-0.1, -0.05) is 25.2 Å². The first-order chi connectivity index (χ1) is 10.2. The maximum atomic E-state index is 13.5. The van der Waals surface area contributed by atoms with Gasteiger partial charge in [0.05, 0.1) is 12.1 Å². The molecular weight excluding hydrogens is 267 g/mol. The van der Waals surface area contributed by atoms with Crippen molar-refractivity contribution in [3.63, 3.8) is 0 Å². The third kappa shape index (κ3) is 3.83. The summed E-state index contributed by atoms with van der Waals surface area (Å²) in [6, 6.07) is 4.14. The number of benzene rings is 1. The molecule has 1 aliphatic rings. The van der Waals surface area contributed by atoms with Crippen molar-refractivity contribution < 1.29 is 9.18 Å². The van der Waals surface area contributed by atoms with E-state index >= 15 is 0 Å². The van der Waals surface area contributed by atoms with Crippen LogP contribution in [0.5, 0.6) is 0 Å². The van der Waals surface area contributed by atoms with Crippen LogP contribution in [-0.4, -0.2) is 30.4 Å². The quantitative estimate of drug-likeness (QED) is 0.849. The van der Waals surface area contributed by atoms with Crippen LogP contribution in [-0.2, 0) is 0 Å². The molecule has 1 heterocycles. The Labute approximate surface area is 125 Å². The van der Waals surface area contributed by atoms with Gasteiger partial charge in [-0.05, 0) is 37.0 Å². The van der Waals surface area contributed by atoms with Gasteiger partial charge >= 0.3 is 0 Å². The molecule has 4 heteroatoms. The lowest BCUT2D eigenvalue weighted by molar-refractivity contribution is 0.0688. The highest BCUT2D eigenvalue weighted by atomic mass is 19.1. The monoisotopic (exact) mass is 288 g/mol. The summed E-state index contributed by atoms with van der Waals surface area (Å²) in [5, 5.41) is 0. The second kappa shape index (κ2) is 7.24. The SMILES string of the molecule is CCC1CCN(C(=O)c2cc(F)ccc2C#CCN)CC1. The number of halogens is 1. The summed E-state index contributed by atoms with van der Waals surface area (Å²) < 4.78 is 13.5. The van der Waals surface area contributed by atoms with Crippen LogP contribution in [0.15, 0.2) is 18.2 Å².